The van der Waals surface area contributed by atoms with Crippen molar-refractivity contribution in [2.75, 3.05) is 25.2 Å². The highest BCUT2D eigenvalue weighted by Gasteiger charge is 2.18. The smallest absolute Gasteiger partial charge is 0.0485 e. The third-order valence-electron chi connectivity index (χ3n) is 4.10. The molecule has 1 unspecified atom stereocenters. The fourth-order valence-corrected chi connectivity index (χ4v) is 2.60. The predicted molar refractivity (Wildman–Crippen MR) is 80.7 cm³/mol. The first-order chi connectivity index (χ1) is 9.20. The fourth-order valence-electron chi connectivity index (χ4n) is 2.60. The van der Waals surface area contributed by atoms with Gasteiger partial charge in [0.05, 0.1) is 0 Å². The monoisotopic (exact) mass is 262 g/mol. The van der Waals surface area contributed by atoms with Crippen LogP contribution in [-0.4, -0.2) is 32.3 Å². The van der Waals surface area contributed by atoms with E-state index in [0.717, 1.165) is 38.9 Å². The van der Waals surface area contributed by atoms with Gasteiger partial charge in [-0.25, -0.2) is 0 Å². The van der Waals surface area contributed by atoms with Gasteiger partial charge in [0.1, 0.15) is 0 Å². The second kappa shape index (κ2) is 6.92. The molecule has 1 aromatic rings. The van der Waals surface area contributed by atoms with Crippen molar-refractivity contribution in [3.8, 4) is 0 Å². The summed E-state index contributed by atoms with van der Waals surface area (Å²) in [5.74, 6) is 0. The molecule has 0 spiro atoms. The van der Waals surface area contributed by atoms with Crippen molar-refractivity contribution in [3.63, 3.8) is 0 Å². The Labute approximate surface area is 116 Å². The number of ether oxygens (including phenoxy) is 1. The van der Waals surface area contributed by atoms with Crippen molar-refractivity contribution in [3.05, 3.63) is 29.8 Å². The minimum absolute atomic E-state index is 0.277. The van der Waals surface area contributed by atoms with E-state index >= 15 is 0 Å². The van der Waals surface area contributed by atoms with Crippen LogP contribution in [-0.2, 0) is 11.2 Å². The zero-order chi connectivity index (χ0) is 13.7. The average molecular weight is 262 g/mol. The number of rotatable bonds is 5. The average Bonchev–Trinajstić information content (AvgIpc) is 2.48. The summed E-state index contributed by atoms with van der Waals surface area (Å²) >= 11 is 0. The van der Waals surface area contributed by atoms with Crippen molar-refractivity contribution in [1.82, 2.24) is 0 Å². The zero-order valence-corrected chi connectivity index (χ0v) is 12.1. The molecule has 0 amide bonds. The summed E-state index contributed by atoms with van der Waals surface area (Å²) < 4.78 is 5.42. The summed E-state index contributed by atoms with van der Waals surface area (Å²) in [5.41, 5.74) is 8.62. The molecule has 0 radical (unpaired) electrons. The molecule has 1 aliphatic rings. The quantitative estimate of drug-likeness (QED) is 0.886. The highest BCUT2D eigenvalue weighted by Crippen LogP contribution is 2.22. The largest absolute Gasteiger partial charge is 0.381 e. The highest BCUT2D eigenvalue weighted by atomic mass is 16.5. The van der Waals surface area contributed by atoms with Crippen LogP contribution in [0.3, 0.4) is 0 Å². The van der Waals surface area contributed by atoms with Crippen molar-refractivity contribution >= 4 is 5.69 Å². The Kier molecular flexibility index (Phi) is 5.23. The van der Waals surface area contributed by atoms with E-state index in [2.05, 4.69) is 43.1 Å². The lowest BCUT2D eigenvalue weighted by atomic mass is 10.0. The van der Waals surface area contributed by atoms with Crippen molar-refractivity contribution < 1.29 is 4.74 Å². The maximum atomic E-state index is 6.00. The SMILES string of the molecule is CCC(N)Cc1ccc(N(C)C2CCOCC2)cc1. The van der Waals surface area contributed by atoms with Crippen LogP contribution >= 0.6 is 0 Å². The van der Waals surface area contributed by atoms with Gasteiger partial charge >= 0.3 is 0 Å². The Hall–Kier alpha value is -1.06. The number of nitrogens with zero attached hydrogens (tertiary/aromatic N) is 1. The van der Waals surface area contributed by atoms with Gasteiger partial charge in [0, 0.05) is 38.0 Å². The molecule has 19 heavy (non-hydrogen) atoms. The topological polar surface area (TPSA) is 38.5 Å². The second-order valence-corrected chi connectivity index (χ2v) is 5.49. The highest BCUT2D eigenvalue weighted by molar-refractivity contribution is 5.48. The molecular weight excluding hydrogens is 236 g/mol. The third kappa shape index (κ3) is 3.95. The van der Waals surface area contributed by atoms with Gasteiger partial charge in [-0.2, -0.15) is 0 Å². The summed E-state index contributed by atoms with van der Waals surface area (Å²) in [7, 11) is 2.18. The van der Waals surface area contributed by atoms with Crippen LogP contribution in [0.5, 0.6) is 0 Å². The standard InChI is InChI=1S/C16H26N2O/c1-3-14(17)12-13-4-6-15(7-5-13)18(2)16-8-10-19-11-9-16/h4-7,14,16H,3,8-12,17H2,1-2H3. The van der Waals surface area contributed by atoms with Crippen LogP contribution in [0.25, 0.3) is 0 Å². The summed E-state index contributed by atoms with van der Waals surface area (Å²) in [5, 5.41) is 0. The van der Waals surface area contributed by atoms with E-state index in [1.54, 1.807) is 0 Å². The number of nitrogens with two attached hydrogens (primary N) is 1. The Bertz CT molecular complexity index is 371. The first-order valence-corrected chi connectivity index (χ1v) is 7.35. The summed E-state index contributed by atoms with van der Waals surface area (Å²) in [6, 6.07) is 9.73. The van der Waals surface area contributed by atoms with E-state index < -0.39 is 0 Å². The molecule has 1 heterocycles. The van der Waals surface area contributed by atoms with Crippen LogP contribution in [0.1, 0.15) is 31.7 Å². The van der Waals surface area contributed by atoms with Crippen LogP contribution in [0.2, 0.25) is 0 Å². The molecule has 0 aromatic heterocycles. The molecule has 0 aliphatic carbocycles. The van der Waals surface area contributed by atoms with Crippen molar-refractivity contribution in [2.24, 2.45) is 5.73 Å². The van der Waals surface area contributed by atoms with Crippen LogP contribution in [0, 0.1) is 0 Å². The fraction of sp³-hybridized carbons (Fsp3) is 0.625. The molecule has 106 valence electrons. The molecule has 1 saturated heterocycles. The maximum absolute atomic E-state index is 6.00. The molecule has 2 rings (SSSR count). The Morgan fingerprint density at radius 3 is 2.47 bits per heavy atom. The summed E-state index contributed by atoms with van der Waals surface area (Å²) in [4.78, 5) is 2.38. The molecule has 1 fully saturated rings. The van der Waals surface area contributed by atoms with Gasteiger partial charge in [0.15, 0.2) is 0 Å². The van der Waals surface area contributed by atoms with E-state index in [9.17, 15) is 0 Å². The zero-order valence-electron chi connectivity index (χ0n) is 12.1. The van der Waals surface area contributed by atoms with E-state index in [-0.39, 0.29) is 6.04 Å². The van der Waals surface area contributed by atoms with Crippen molar-refractivity contribution in [2.45, 2.75) is 44.7 Å². The van der Waals surface area contributed by atoms with Gasteiger partial charge in [-0.05, 0) is 43.4 Å². The molecule has 1 atom stereocenters. The normalized spacial score (nSPS) is 18.3. The molecule has 2 N–H and O–H groups in total. The number of hydrogen-bond donors (Lipinski definition) is 1. The van der Waals surface area contributed by atoms with E-state index in [1.807, 2.05) is 0 Å². The first kappa shape index (κ1) is 14.4. The number of benzene rings is 1. The summed E-state index contributed by atoms with van der Waals surface area (Å²) in [6.07, 6.45) is 4.25. The van der Waals surface area contributed by atoms with E-state index in [0.29, 0.717) is 6.04 Å². The molecule has 0 bridgehead atoms. The van der Waals surface area contributed by atoms with Gasteiger partial charge in [-0.1, -0.05) is 19.1 Å². The molecule has 0 saturated carbocycles. The van der Waals surface area contributed by atoms with Gasteiger partial charge in [0.25, 0.3) is 0 Å². The van der Waals surface area contributed by atoms with Crippen LogP contribution in [0.15, 0.2) is 24.3 Å². The van der Waals surface area contributed by atoms with Gasteiger partial charge in [0.2, 0.25) is 0 Å². The van der Waals surface area contributed by atoms with Gasteiger partial charge in [-0.15, -0.1) is 0 Å². The second-order valence-electron chi connectivity index (χ2n) is 5.49. The number of anilines is 1. The predicted octanol–water partition coefficient (Wildman–Crippen LogP) is 2.58. The summed E-state index contributed by atoms with van der Waals surface area (Å²) in [6.45, 7) is 3.91. The van der Waals surface area contributed by atoms with E-state index in [1.165, 1.54) is 11.3 Å². The Morgan fingerprint density at radius 2 is 1.89 bits per heavy atom. The van der Waals surface area contributed by atoms with Crippen LogP contribution in [0.4, 0.5) is 5.69 Å². The lowest BCUT2D eigenvalue weighted by Gasteiger charge is -2.33. The Morgan fingerprint density at radius 1 is 1.26 bits per heavy atom. The van der Waals surface area contributed by atoms with Gasteiger partial charge < -0.3 is 15.4 Å². The van der Waals surface area contributed by atoms with Crippen molar-refractivity contribution in [1.29, 1.82) is 0 Å². The maximum Gasteiger partial charge on any atom is 0.0485 e. The van der Waals surface area contributed by atoms with Crippen LogP contribution < -0.4 is 10.6 Å². The lowest BCUT2D eigenvalue weighted by molar-refractivity contribution is 0.0855. The molecule has 1 aliphatic heterocycles. The van der Waals surface area contributed by atoms with Gasteiger partial charge in [-0.3, -0.25) is 0 Å². The first-order valence-electron chi connectivity index (χ1n) is 7.35. The third-order valence-corrected chi connectivity index (χ3v) is 4.10. The molecule has 3 heteroatoms. The minimum atomic E-state index is 0.277. The molecule has 1 aromatic carbocycles. The Balaban J connectivity index is 1.96. The molecular formula is C16H26N2O. The van der Waals surface area contributed by atoms with E-state index in [4.69, 9.17) is 10.5 Å². The minimum Gasteiger partial charge on any atom is -0.381 e. The molecule has 3 nitrogen and oxygen atoms in total. The number of hydrogen-bond acceptors (Lipinski definition) is 3. The lowest BCUT2D eigenvalue weighted by Crippen LogP contribution is -2.36.